The molecule has 16 heavy (non-hydrogen) atoms. The fraction of sp³-hybridized carbons (Fsp3) is 0.154. The van der Waals surface area contributed by atoms with Crippen molar-refractivity contribution in [3.8, 4) is 0 Å². The summed E-state index contributed by atoms with van der Waals surface area (Å²) in [7, 11) is 1.98. The summed E-state index contributed by atoms with van der Waals surface area (Å²) in [6, 6.07) is 12.0. The summed E-state index contributed by atoms with van der Waals surface area (Å²) in [5, 5.41) is 0. The first-order valence-corrected chi connectivity index (χ1v) is 5.19. The second-order valence-corrected chi connectivity index (χ2v) is 3.79. The largest absolute Gasteiger partial charge is 0.398 e. The Bertz CT molecular complexity index is 480. The summed E-state index contributed by atoms with van der Waals surface area (Å²) in [5.74, 6) is 0.856. The third-order valence-corrected chi connectivity index (χ3v) is 2.62. The molecule has 1 aromatic heterocycles. The predicted octanol–water partition coefficient (Wildman–Crippen LogP) is 2.74. The average Bonchev–Trinajstić information content (AvgIpc) is 2.33. The van der Waals surface area contributed by atoms with Crippen LogP contribution in [0, 0.1) is 6.92 Å². The molecule has 0 aliphatic carbocycles. The van der Waals surface area contributed by atoms with Gasteiger partial charge in [0.05, 0.1) is 0 Å². The van der Waals surface area contributed by atoms with Gasteiger partial charge in [-0.1, -0.05) is 18.2 Å². The maximum atomic E-state index is 5.87. The molecule has 0 saturated carbocycles. The minimum Gasteiger partial charge on any atom is -0.398 e. The molecule has 0 bridgehead atoms. The van der Waals surface area contributed by atoms with E-state index >= 15 is 0 Å². The number of nitrogens with two attached hydrogens (primary N) is 1. The van der Waals surface area contributed by atoms with Crippen LogP contribution in [0.3, 0.4) is 0 Å². The Morgan fingerprint density at radius 2 is 1.88 bits per heavy atom. The number of benzene rings is 1. The lowest BCUT2D eigenvalue weighted by Gasteiger charge is -2.18. The molecule has 2 rings (SSSR count). The molecule has 0 amide bonds. The quantitative estimate of drug-likeness (QED) is 0.834. The van der Waals surface area contributed by atoms with Crippen LogP contribution in [0.5, 0.6) is 0 Å². The van der Waals surface area contributed by atoms with E-state index in [2.05, 4.69) is 4.98 Å². The third kappa shape index (κ3) is 1.98. The maximum absolute atomic E-state index is 5.87. The van der Waals surface area contributed by atoms with Crippen molar-refractivity contribution in [2.75, 3.05) is 17.7 Å². The molecule has 0 aliphatic heterocycles. The fourth-order valence-electron chi connectivity index (χ4n) is 1.49. The first kappa shape index (κ1) is 10.5. The lowest BCUT2D eigenvalue weighted by atomic mass is 10.2. The second-order valence-electron chi connectivity index (χ2n) is 3.79. The highest BCUT2D eigenvalue weighted by molar-refractivity contribution is 5.63. The lowest BCUT2D eigenvalue weighted by Crippen LogP contribution is -2.11. The van der Waals surface area contributed by atoms with Gasteiger partial charge in [0.2, 0.25) is 0 Å². The number of anilines is 3. The van der Waals surface area contributed by atoms with Crippen LogP contribution >= 0.6 is 0 Å². The molecular weight excluding hydrogens is 198 g/mol. The van der Waals surface area contributed by atoms with Crippen LogP contribution in [0.15, 0.2) is 42.6 Å². The first-order chi connectivity index (χ1) is 7.68. The highest BCUT2D eigenvalue weighted by Crippen LogP contribution is 2.23. The first-order valence-electron chi connectivity index (χ1n) is 5.19. The van der Waals surface area contributed by atoms with Crippen LogP contribution in [-0.4, -0.2) is 12.0 Å². The molecule has 0 spiro atoms. The number of hydrogen-bond acceptors (Lipinski definition) is 3. The summed E-state index contributed by atoms with van der Waals surface area (Å²) in [6.45, 7) is 1.95. The van der Waals surface area contributed by atoms with Crippen LogP contribution in [0.2, 0.25) is 0 Å². The van der Waals surface area contributed by atoms with Crippen LogP contribution < -0.4 is 10.6 Å². The van der Waals surface area contributed by atoms with E-state index in [0.717, 1.165) is 22.8 Å². The van der Waals surface area contributed by atoms with Gasteiger partial charge in [-0.05, 0) is 24.6 Å². The summed E-state index contributed by atoms with van der Waals surface area (Å²) in [5.41, 5.74) is 8.74. The zero-order valence-electron chi connectivity index (χ0n) is 9.51. The molecule has 0 atom stereocenters. The van der Waals surface area contributed by atoms with Crippen molar-refractivity contribution in [3.05, 3.63) is 48.2 Å². The van der Waals surface area contributed by atoms with Crippen molar-refractivity contribution in [2.45, 2.75) is 6.92 Å². The van der Waals surface area contributed by atoms with Crippen LogP contribution in [0.1, 0.15) is 5.56 Å². The van der Waals surface area contributed by atoms with Crippen LogP contribution in [0.4, 0.5) is 17.2 Å². The lowest BCUT2D eigenvalue weighted by molar-refractivity contribution is 1.12. The van der Waals surface area contributed by atoms with E-state index in [1.54, 1.807) is 6.20 Å². The SMILES string of the molecule is Cc1cnc(N(C)c2ccccc2)cc1N. The van der Waals surface area contributed by atoms with Gasteiger partial charge in [0, 0.05) is 30.7 Å². The molecule has 0 fully saturated rings. The van der Waals surface area contributed by atoms with Crippen LogP contribution in [-0.2, 0) is 0 Å². The van der Waals surface area contributed by atoms with Gasteiger partial charge < -0.3 is 10.6 Å². The highest BCUT2D eigenvalue weighted by atomic mass is 15.2. The normalized spacial score (nSPS) is 10.1. The van der Waals surface area contributed by atoms with Gasteiger partial charge in [-0.15, -0.1) is 0 Å². The third-order valence-electron chi connectivity index (χ3n) is 2.62. The zero-order valence-corrected chi connectivity index (χ0v) is 9.51. The van der Waals surface area contributed by atoms with E-state index in [1.807, 2.05) is 55.3 Å². The summed E-state index contributed by atoms with van der Waals surface area (Å²) < 4.78 is 0. The van der Waals surface area contributed by atoms with Crippen molar-refractivity contribution in [3.63, 3.8) is 0 Å². The monoisotopic (exact) mass is 213 g/mol. The van der Waals surface area contributed by atoms with Crippen molar-refractivity contribution in [1.29, 1.82) is 0 Å². The standard InChI is InChI=1S/C13H15N3/c1-10-9-15-13(8-12(10)14)16(2)11-6-4-3-5-7-11/h3-9H,1-2H3,(H2,14,15). The zero-order chi connectivity index (χ0) is 11.5. The number of aromatic nitrogens is 1. The topological polar surface area (TPSA) is 42.2 Å². The Hall–Kier alpha value is -2.03. The maximum Gasteiger partial charge on any atom is 0.134 e. The van der Waals surface area contributed by atoms with Gasteiger partial charge >= 0.3 is 0 Å². The Morgan fingerprint density at radius 3 is 2.50 bits per heavy atom. The summed E-state index contributed by atoms with van der Waals surface area (Å²) in [6.07, 6.45) is 1.80. The Balaban J connectivity index is 2.34. The number of hydrogen-bond donors (Lipinski definition) is 1. The summed E-state index contributed by atoms with van der Waals surface area (Å²) >= 11 is 0. The Morgan fingerprint density at radius 1 is 1.19 bits per heavy atom. The van der Waals surface area contributed by atoms with Gasteiger partial charge in [-0.3, -0.25) is 0 Å². The molecule has 3 heteroatoms. The number of aryl methyl sites for hydroxylation is 1. The highest BCUT2D eigenvalue weighted by Gasteiger charge is 2.05. The number of pyridine rings is 1. The molecule has 82 valence electrons. The van der Waals surface area contributed by atoms with Crippen molar-refractivity contribution in [2.24, 2.45) is 0 Å². The number of nitrogens with zero attached hydrogens (tertiary/aromatic N) is 2. The molecule has 2 N–H and O–H groups in total. The Kier molecular flexibility index (Phi) is 2.77. The van der Waals surface area contributed by atoms with E-state index in [1.165, 1.54) is 0 Å². The molecule has 2 aromatic rings. The summed E-state index contributed by atoms with van der Waals surface area (Å²) in [4.78, 5) is 6.37. The molecule has 1 heterocycles. The molecular formula is C13H15N3. The van der Waals surface area contributed by atoms with Crippen molar-refractivity contribution < 1.29 is 0 Å². The number of rotatable bonds is 2. The van der Waals surface area contributed by atoms with Crippen molar-refractivity contribution in [1.82, 2.24) is 4.98 Å². The van der Waals surface area contributed by atoms with Crippen LogP contribution in [0.25, 0.3) is 0 Å². The fourth-order valence-corrected chi connectivity index (χ4v) is 1.49. The van der Waals surface area contributed by atoms with E-state index in [-0.39, 0.29) is 0 Å². The minimum absolute atomic E-state index is 0.771. The second kappa shape index (κ2) is 4.23. The van der Waals surface area contributed by atoms with E-state index < -0.39 is 0 Å². The van der Waals surface area contributed by atoms with Gasteiger partial charge in [0.1, 0.15) is 5.82 Å². The van der Waals surface area contributed by atoms with Gasteiger partial charge in [0.15, 0.2) is 0 Å². The van der Waals surface area contributed by atoms with E-state index in [9.17, 15) is 0 Å². The van der Waals surface area contributed by atoms with Crippen molar-refractivity contribution >= 4 is 17.2 Å². The molecule has 3 nitrogen and oxygen atoms in total. The molecule has 0 aliphatic rings. The molecule has 1 aromatic carbocycles. The Labute approximate surface area is 95.5 Å². The number of nitrogen functional groups attached to an aromatic ring is 1. The van der Waals surface area contributed by atoms with E-state index in [0.29, 0.717) is 0 Å². The molecule has 0 radical (unpaired) electrons. The molecule has 0 saturated heterocycles. The smallest absolute Gasteiger partial charge is 0.134 e. The van der Waals surface area contributed by atoms with Gasteiger partial charge in [0.25, 0.3) is 0 Å². The predicted molar refractivity (Wildman–Crippen MR) is 67.9 cm³/mol. The number of para-hydroxylation sites is 1. The average molecular weight is 213 g/mol. The minimum atomic E-state index is 0.771. The van der Waals surface area contributed by atoms with Gasteiger partial charge in [-0.2, -0.15) is 0 Å². The van der Waals surface area contributed by atoms with Gasteiger partial charge in [-0.25, -0.2) is 4.98 Å². The van der Waals surface area contributed by atoms with E-state index in [4.69, 9.17) is 5.73 Å². The molecule has 0 unspecified atom stereocenters.